The second-order valence-corrected chi connectivity index (χ2v) is 11.1. The highest BCUT2D eigenvalue weighted by Crippen LogP contribution is 2.09. The van der Waals surface area contributed by atoms with Gasteiger partial charge in [0.25, 0.3) is 0 Å². The molecule has 12 atom stereocenters. The summed E-state index contributed by atoms with van der Waals surface area (Å²) in [6, 6.07) is 0. The van der Waals surface area contributed by atoms with Crippen LogP contribution in [0.2, 0.25) is 0 Å². The van der Waals surface area contributed by atoms with Crippen molar-refractivity contribution in [1.82, 2.24) is 26.6 Å². The van der Waals surface area contributed by atoms with Crippen LogP contribution in [0.15, 0.2) is 0 Å². The van der Waals surface area contributed by atoms with E-state index in [2.05, 4.69) is 82.0 Å². The fourth-order valence-corrected chi connectivity index (χ4v) is 3.60. The first-order valence-electron chi connectivity index (χ1n) is 9.43. The van der Waals surface area contributed by atoms with Gasteiger partial charge in [0.05, 0.1) is 5.78 Å². The summed E-state index contributed by atoms with van der Waals surface area (Å²) in [7, 11) is 12.7. The van der Waals surface area contributed by atoms with E-state index in [0.717, 1.165) is 0 Å². The van der Waals surface area contributed by atoms with Crippen LogP contribution >= 0.6 is 55.4 Å². The van der Waals surface area contributed by atoms with Crippen LogP contribution in [0.3, 0.4) is 0 Å². The molecule has 33 heavy (non-hydrogen) atoms. The highest BCUT2D eigenvalue weighted by molar-refractivity contribution is 7.21. The minimum absolute atomic E-state index is 0.190. The van der Waals surface area contributed by atoms with E-state index in [1.54, 1.807) is 13.8 Å². The Morgan fingerprint density at radius 1 is 0.515 bits per heavy atom. The number of carbonyl (C=O) groups excluding carboxylic acids is 6. The van der Waals surface area contributed by atoms with Gasteiger partial charge in [-0.2, -0.15) is 0 Å². The van der Waals surface area contributed by atoms with Gasteiger partial charge in [0.2, 0.25) is 29.5 Å². The summed E-state index contributed by atoms with van der Waals surface area (Å²) >= 11 is 0. The standard InChI is InChI=1S/C15H32N6O6P6/c1-3(2)4(22)11(29)18-7(24)13(31)20-9(26)15(33)21-10(27)14(32)19-8(25)12(30)17-6(23)5(16)28/h3,5,11-15H,16,28-33H2,1-2H3,(H,17,23)(H,18,24)(H,19,25)(H,20,26)(H,21,27). The number of rotatable bonds is 12. The lowest BCUT2D eigenvalue weighted by Crippen LogP contribution is -2.54. The van der Waals surface area contributed by atoms with E-state index < -0.39 is 64.2 Å². The smallest absolute Gasteiger partial charge is 0.247 e. The topological polar surface area (TPSA) is 189 Å². The Balaban J connectivity index is 4.68. The minimum Gasteiger partial charge on any atom is -0.341 e. The van der Waals surface area contributed by atoms with E-state index in [1.165, 1.54) is 0 Å². The first-order chi connectivity index (χ1) is 15.1. The van der Waals surface area contributed by atoms with Crippen molar-refractivity contribution in [3.8, 4) is 0 Å². The zero-order chi connectivity index (χ0) is 26.0. The average molecular weight is 578 g/mol. The molecule has 0 saturated carbocycles. The second kappa shape index (κ2) is 15.5. The third-order valence-electron chi connectivity index (χ3n) is 3.80. The van der Waals surface area contributed by atoms with Gasteiger partial charge in [-0.15, -0.1) is 55.4 Å². The summed E-state index contributed by atoms with van der Waals surface area (Å²) in [6.07, 6.45) is 0. The van der Waals surface area contributed by atoms with Crippen molar-refractivity contribution >= 4 is 90.8 Å². The molecule has 0 fully saturated rings. The molecule has 0 spiro atoms. The molecule has 5 amide bonds. The van der Waals surface area contributed by atoms with E-state index in [1.807, 2.05) is 0 Å². The lowest BCUT2D eigenvalue weighted by molar-refractivity contribution is -0.131. The Bertz CT molecular complexity index is 772. The molecule has 0 aromatic rings. The summed E-state index contributed by atoms with van der Waals surface area (Å²) in [5.41, 5.74) is 5.38. The second-order valence-electron chi connectivity index (χ2n) is 7.01. The van der Waals surface area contributed by atoms with Crippen molar-refractivity contribution in [2.45, 2.75) is 48.5 Å². The molecule has 12 unspecified atom stereocenters. The number of nitrogens with two attached hydrogens (primary N) is 1. The minimum atomic E-state index is -1.13. The number of hydrogen-bond acceptors (Lipinski definition) is 7. The number of carbonyl (C=O) groups is 6. The molecule has 12 nitrogen and oxygen atoms in total. The third kappa shape index (κ3) is 12.2. The average Bonchev–Trinajstić information content (AvgIpc) is 2.71. The Kier molecular flexibility index (Phi) is 15.3. The van der Waals surface area contributed by atoms with Crippen molar-refractivity contribution in [3.63, 3.8) is 0 Å². The molecule has 188 valence electrons. The van der Waals surface area contributed by atoms with E-state index in [9.17, 15) is 28.8 Å². The van der Waals surface area contributed by atoms with E-state index in [-0.39, 0.29) is 11.7 Å². The first-order valence-corrected chi connectivity index (χ1v) is 13.4. The molecule has 0 heterocycles. The van der Waals surface area contributed by atoms with Crippen molar-refractivity contribution in [2.75, 3.05) is 0 Å². The maximum absolute atomic E-state index is 12.3. The predicted octanol–water partition coefficient (Wildman–Crippen LogP) is -3.04. The molecular weight excluding hydrogens is 546 g/mol. The van der Waals surface area contributed by atoms with Gasteiger partial charge >= 0.3 is 0 Å². The molecule has 0 aromatic carbocycles. The van der Waals surface area contributed by atoms with Crippen LogP contribution in [0.5, 0.6) is 0 Å². The summed E-state index contributed by atoms with van der Waals surface area (Å²) < 4.78 is 0. The highest BCUT2D eigenvalue weighted by Gasteiger charge is 2.27. The summed E-state index contributed by atoms with van der Waals surface area (Å²) in [6.45, 7) is 3.40. The Morgan fingerprint density at radius 2 is 0.758 bits per heavy atom. The van der Waals surface area contributed by atoms with E-state index in [4.69, 9.17) is 5.73 Å². The molecule has 0 aliphatic carbocycles. The lowest BCUT2D eigenvalue weighted by Gasteiger charge is -2.22. The number of nitrogens with one attached hydrogen (secondary N) is 5. The van der Waals surface area contributed by atoms with Crippen LogP contribution in [-0.4, -0.2) is 70.0 Å². The number of Topliss-reactive ketones (excluding diaryl/α,β-unsaturated/α-hetero) is 1. The predicted molar refractivity (Wildman–Crippen MR) is 146 cm³/mol. The molecule has 0 aliphatic rings. The van der Waals surface area contributed by atoms with Crippen LogP contribution in [0.25, 0.3) is 0 Å². The van der Waals surface area contributed by atoms with Crippen molar-refractivity contribution in [2.24, 2.45) is 11.7 Å². The molecular formula is C15H32N6O6P6. The molecule has 7 N–H and O–H groups in total. The van der Waals surface area contributed by atoms with Crippen molar-refractivity contribution in [1.29, 1.82) is 0 Å². The van der Waals surface area contributed by atoms with Gasteiger partial charge in [-0.1, -0.05) is 13.8 Å². The number of hydrogen-bond donors (Lipinski definition) is 6. The molecule has 0 aliphatic heterocycles. The van der Waals surface area contributed by atoms with E-state index in [0.29, 0.717) is 0 Å². The van der Waals surface area contributed by atoms with Gasteiger partial charge in [0.1, 0.15) is 28.9 Å². The Hall–Kier alpha value is -0.440. The highest BCUT2D eigenvalue weighted by atomic mass is 31.0. The maximum atomic E-state index is 12.3. The van der Waals surface area contributed by atoms with Crippen LogP contribution in [0.4, 0.5) is 0 Å². The maximum Gasteiger partial charge on any atom is 0.247 e. The molecule has 0 saturated heterocycles. The zero-order valence-electron chi connectivity index (χ0n) is 18.0. The van der Waals surface area contributed by atoms with Crippen molar-refractivity contribution in [3.05, 3.63) is 0 Å². The Morgan fingerprint density at radius 3 is 1.00 bits per heavy atom. The fourth-order valence-electron chi connectivity index (χ4n) is 1.91. The summed E-state index contributed by atoms with van der Waals surface area (Å²) in [5, 5.41) is 11.9. The van der Waals surface area contributed by atoms with Crippen LogP contribution in [0, 0.1) is 5.92 Å². The summed E-state index contributed by atoms with van der Waals surface area (Å²) in [4.78, 5) is 72.2. The third-order valence-corrected chi connectivity index (χ3v) is 6.47. The quantitative estimate of drug-likeness (QED) is 0.133. The number of ketones is 1. The molecule has 0 bridgehead atoms. The molecule has 18 heteroatoms. The first kappa shape index (κ1) is 32.6. The molecule has 0 radical (unpaired) electrons. The Labute approximate surface area is 206 Å². The summed E-state index contributed by atoms with van der Waals surface area (Å²) in [5.74, 6) is -9.79. The molecule has 0 rings (SSSR count). The van der Waals surface area contributed by atoms with Crippen molar-refractivity contribution < 1.29 is 28.8 Å². The lowest BCUT2D eigenvalue weighted by atomic mass is 10.1. The SMILES string of the molecule is CC(C)C(=O)C(P)NC(=O)C(P)NC(=O)C(P)NC(=O)C(P)NC(=O)C(P)NC(=O)C(N)P. The zero-order valence-corrected chi connectivity index (χ0v) is 25.0. The largest absolute Gasteiger partial charge is 0.341 e. The molecule has 0 aromatic heterocycles. The number of amides is 5. The van der Waals surface area contributed by atoms with Crippen LogP contribution in [0.1, 0.15) is 13.8 Å². The van der Waals surface area contributed by atoms with Gasteiger partial charge in [0, 0.05) is 5.92 Å². The monoisotopic (exact) mass is 578 g/mol. The van der Waals surface area contributed by atoms with Crippen LogP contribution in [-0.2, 0) is 28.8 Å². The van der Waals surface area contributed by atoms with Gasteiger partial charge < -0.3 is 32.3 Å². The van der Waals surface area contributed by atoms with Gasteiger partial charge in [-0.3, -0.25) is 28.8 Å². The van der Waals surface area contributed by atoms with Gasteiger partial charge in [-0.05, 0) is 0 Å². The van der Waals surface area contributed by atoms with Crippen LogP contribution < -0.4 is 32.3 Å². The van der Waals surface area contributed by atoms with E-state index >= 15 is 0 Å². The normalized spacial score (nSPS) is 16.3. The fraction of sp³-hybridized carbons (Fsp3) is 0.600. The van der Waals surface area contributed by atoms with Gasteiger partial charge in [0.15, 0.2) is 5.78 Å². The van der Waals surface area contributed by atoms with Gasteiger partial charge in [-0.25, -0.2) is 0 Å².